The van der Waals surface area contributed by atoms with E-state index >= 15 is 0 Å². The van der Waals surface area contributed by atoms with Crippen LogP contribution in [0.15, 0.2) is 24.3 Å². The highest BCUT2D eigenvalue weighted by Crippen LogP contribution is 2.32. The third-order valence-corrected chi connectivity index (χ3v) is 3.21. The topological polar surface area (TPSA) is 37.4 Å². The zero-order valence-corrected chi connectivity index (χ0v) is 9.83. The van der Waals surface area contributed by atoms with Crippen molar-refractivity contribution in [3.63, 3.8) is 0 Å². The smallest absolute Gasteiger partial charge is 0.238 e. The molecule has 1 unspecified atom stereocenters. The van der Waals surface area contributed by atoms with Gasteiger partial charge in [-0.1, -0.05) is 23.7 Å². The summed E-state index contributed by atoms with van der Waals surface area (Å²) in [6.45, 7) is 0. The summed E-state index contributed by atoms with van der Waals surface area (Å²) in [5.74, 6) is -0.784. The van der Waals surface area contributed by atoms with Crippen molar-refractivity contribution in [2.45, 2.75) is 6.42 Å². The second-order valence-corrected chi connectivity index (χ2v) is 4.29. The lowest BCUT2D eigenvalue weighted by Crippen LogP contribution is -2.30. The fourth-order valence-electron chi connectivity index (χ4n) is 1.70. The number of halogens is 2. The molecule has 2 rings (SSSR count). The summed E-state index contributed by atoms with van der Waals surface area (Å²) in [5, 5.41) is 0.388. The van der Waals surface area contributed by atoms with Gasteiger partial charge in [0.2, 0.25) is 11.8 Å². The molecular weight excluding hydrogens is 249 g/mol. The fraction of sp³-hybridized carbons (Fsp3) is 0.273. The number of imide groups is 1. The van der Waals surface area contributed by atoms with Crippen molar-refractivity contribution in [2.24, 2.45) is 5.92 Å². The Morgan fingerprint density at radius 2 is 2.00 bits per heavy atom. The van der Waals surface area contributed by atoms with Crippen LogP contribution in [0.4, 0.5) is 5.69 Å². The van der Waals surface area contributed by atoms with E-state index in [2.05, 4.69) is 0 Å². The number of hydrogen-bond donors (Lipinski definition) is 0. The summed E-state index contributed by atoms with van der Waals surface area (Å²) in [4.78, 5) is 24.7. The molecule has 0 saturated carbocycles. The van der Waals surface area contributed by atoms with Crippen LogP contribution < -0.4 is 4.90 Å². The van der Waals surface area contributed by atoms with Crippen LogP contribution in [-0.4, -0.2) is 17.7 Å². The summed E-state index contributed by atoms with van der Waals surface area (Å²) >= 11 is 11.6. The summed E-state index contributed by atoms with van der Waals surface area (Å²) in [6.07, 6.45) is 0.160. The van der Waals surface area contributed by atoms with Crippen molar-refractivity contribution in [3.05, 3.63) is 29.3 Å². The molecule has 84 valence electrons. The van der Waals surface area contributed by atoms with Crippen LogP contribution in [0.2, 0.25) is 5.02 Å². The third kappa shape index (κ3) is 1.81. The Morgan fingerprint density at radius 3 is 2.56 bits per heavy atom. The first-order chi connectivity index (χ1) is 7.65. The zero-order valence-electron chi connectivity index (χ0n) is 8.32. The molecule has 0 aliphatic carbocycles. The van der Waals surface area contributed by atoms with Gasteiger partial charge in [0.1, 0.15) is 0 Å². The quantitative estimate of drug-likeness (QED) is 0.603. The molecule has 0 radical (unpaired) electrons. The molecule has 1 aromatic rings. The van der Waals surface area contributed by atoms with Crippen LogP contribution in [0.1, 0.15) is 6.42 Å². The van der Waals surface area contributed by atoms with E-state index in [1.165, 1.54) is 0 Å². The molecule has 16 heavy (non-hydrogen) atoms. The van der Waals surface area contributed by atoms with E-state index in [1.807, 2.05) is 0 Å². The molecule has 2 amide bonds. The number of carbonyl (C=O) groups is 2. The van der Waals surface area contributed by atoms with Gasteiger partial charge in [-0.15, -0.1) is 11.6 Å². The number of para-hydroxylation sites is 1. The van der Waals surface area contributed by atoms with Gasteiger partial charge in [0.25, 0.3) is 0 Å². The molecule has 1 aliphatic rings. The second-order valence-electron chi connectivity index (χ2n) is 3.57. The highest BCUT2D eigenvalue weighted by atomic mass is 35.5. The van der Waals surface area contributed by atoms with Crippen LogP contribution in [0.3, 0.4) is 0 Å². The first kappa shape index (κ1) is 11.4. The molecule has 1 heterocycles. The number of nitrogens with zero attached hydrogens (tertiary/aromatic N) is 1. The highest BCUT2D eigenvalue weighted by Gasteiger charge is 2.39. The van der Waals surface area contributed by atoms with Crippen LogP contribution in [0.5, 0.6) is 0 Å². The minimum absolute atomic E-state index is 0.158. The Kier molecular flexibility index (Phi) is 3.17. The molecule has 1 atom stereocenters. The average Bonchev–Trinajstić information content (AvgIpc) is 2.55. The lowest BCUT2D eigenvalue weighted by Gasteiger charge is -2.15. The van der Waals surface area contributed by atoms with E-state index in [4.69, 9.17) is 23.2 Å². The van der Waals surface area contributed by atoms with Crippen molar-refractivity contribution in [3.8, 4) is 0 Å². The molecule has 0 aromatic heterocycles. The summed E-state index contributed by atoms with van der Waals surface area (Å²) < 4.78 is 0. The minimum atomic E-state index is -0.426. The fourth-order valence-corrected chi connectivity index (χ4v) is 2.16. The predicted octanol–water partition coefficient (Wildman–Crippen LogP) is 2.46. The standard InChI is InChI=1S/C11H9Cl2NO2/c12-6-7-5-10(15)14(11(7)16)9-4-2-1-3-8(9)13/h1-4,7H,5-6H2. The Hall–Kier alpha value is -1.06. The zero-order chi connectivity index (χ0) is 11.7. The van der Waals surface area contributed by atoms with E-state index < -0.39 is 5.92 Å². The van der Waals surface area contributed by atoms with Gasteiger partial charge in [-0.3, -0.25) is 9.59 Å². The van der Waals surface area contributed by atoms with E-state index in [0.717, 1.165) is 4.90 Å². The van der Waals surface area contributed by atoms with Crippen LogP contribution >= 0.6 is 23.2 Å². The molecule has 1 saturated heterocycles. The largest absolute Gasteiger partial charge is 0.274 e. The maximum absolute atomic E-state index is 11.9. The maximum atomic E-state index is 11.9. The van der Waals surface area contributed by atoms with E-state index in [1.54, 1.807) is 24.3 Å². The number of benzene rings is 1. The third-order valence-electron chi connectivity index (χ3n) is 2.52. The van der Waals surface area contributed by atoms with Crippen molar-refractivity contribution in [2.75, 3.05) is 10.8 Å². The molecule has 0 bridgehead atoms. The molecule has 0 spiro atoms. The molecule has 1 aromatic carbocycles. The number of amides is 2. The van der Waals surface area contributed by atoms with Gasteiger partial charge in [0.05, 0.1) is 16.6 Å². The van der Waals surface area contributed by atoms with Crippen molar-refractivity contribution in [1.29, 1.82) is 0 Å². The maximum Gasteiger partial charge on any atom is 0.238 e. The van der Waals surface area contributed by atoms with Gasteiger partial charge in [-0.05, 0) is 12.1 Å². The Morgan fingerprint density at radius 1 is 1.31 bits per heavy atom. The lowest BCUT2D eigenvalue weighted by atomic mass is 10.1. The highest BCUT2D eigenvalue weighted by molar-refractivity contribution is 6.36. The van der Waals surface area contributed by atoms with Crippen LogP contribution in [0, 0.1) is 5.92 Å². The van der Waals surface area contributed by atoms with Gasteiger partial charge in [-0.2, -0.15) is 0 Å². The Labute approximate surface area is 103 Å². The van der Waals surface area contributed by atoms with Gasteiger partial charge < -0.3 is 0 Å². The van der Waals surface area contributed by atoms with E-state index in [0.29, 0.717) is 10.7 Å². The predicted molar refractivity (Wildman–Crippen MR) is 62.8 cm³/mol. The molecule has 1 fully saturated rings. The molecule has 0 N–H and O–H groups in total. The van der Waals surface area contributed by atoms with Gasteiger partial charge in [0.15, 0.2) is 0 Å². The summed E-state index contributed by atoms with van der Waals surface area (Å²) in [5.41, 5.74) is 0.437. The SMILES string of the molecule is O=C1CC(CCl)C(=O)N1c1ccccc1Cl. The molecular formula is C11H9Cl2NO2. The minimum Gasteiger partial charge on any atom is -0.274 e. The van der Waals surface area contributed by atoms with E-state index in [9.17, 15) is 9.59 Å². The van der Waals surface area contributed by atoms with Gasteiger partial charge >= 0.3 is 0 Å². The number of hydrogen-bond acceptors (Lipinski definition) is 2. The van der Waals surface area contributed by atoms with Gasteiger partial charge in [-0.25, -0.2) is 4.90 Å². The second kappa shape index (κ2) is 4.44. The Bertz CT molecular complexity index is 447. The van der Waals surface area contributed by atoms with Crippen molar-refractivity contribution in [1.82, 2.24) is 0 Å². The van der Waals surface area contributed by atoms with Gasteiger partial charge in [0, 0.05) is 12.3 Å². The molecule has 1 aliphatic heterocycles. The number of carbonyl (C=O) groups excluding carboxylic acids is 2. The average molecular weight is 258 g/mol. The van der Waals surface area contributed by atoms with Crippen LogP contribution in [0.25, 0.3) is 0 Å². The molecule has 5 heteroatoms. The number of alkyl halides is 1. The lowest BCUT2D eigenvalue weighted by molar-refractivity contribution is -0.122. The van der Waals surface area contributed by atoms with Crippen molar-refractivity contribution >= 4 is 40.7 Å². The monoisotopic (exact) mass is 257 g/mol. The van der Waals surface area contributed by atoms with E-state index in [-0.39, 0.29) is 24.1 Å². The summed E-state index contributed by atoms with van der Waals surface area (Å²) in [6, 6.07) is 6.77. The number of anilines is 1. The normalized spacial score (nSPS) is 20.6. The molecule has 3 nitrogen and oxygen atoms in total. The Balaban J connectivity index is 2.39. The first-order valence-electron chi connectivity index (χ1n) is 4.82. The first-order valence-corrected chi connectivity index (χ1v) is 5.73. The number of rotatable bonds is 2. The summed E-state index contributed by atoms with van der Waals surface area (Å²) in [7, 11) is 0. The van der Waals surface area contributed by atoms with Crippen molar-refractivity contribution < 1.29 is 9.59 Å². The van der Waals surface area contributed by atoms with Crippen LogP contribution in [-0.2, 0) is 9.59 Å².